The first-order valence-electron chi connectivity index (χ1n) is 9.44. The van der Waals surface area contributed by atoms with E-state index in [0.717, 1.165) is 50.2 Å². The zero-order valence-electron chi connectivity index (χ0n) is 15.6. The maximum Gasteiger partial charge on any atom is 0.244 e. The number of rotatable bonds is 5. The number of halogens is 1. The van der Waals surface area contributed by atoms with Gasteiger partial charge in [0.1, 0.15) is 6.54 Å². The highest BCUT2D eigenvalue weighted by Gasteiger charge is 2.27. The quantitative estimate of drug-likeness (QED) is 0.804. The number of carbonyl (C=O) groups is 2. The molecule has 0 bridgehead atoms. The van der Waals surface area contributed by atoms with Crippen LogP contribution in [0.5, 0.6) is 0 Å². The van der Waals surface area contributed by atoms with E-state index in [1.54, 1.807) is 4.68 Å². The molecular weight excluding hydrogens is 354 g/mol. The van der Waals surface area contributed by atoms with E-state index in [0.29, 0.717) is 24.0 Å². The van der Waals surface area contributed by atoms with Crippen LogP contribution < -0.4 is 10.6 Å². The van der Waals surface area contributed by atoms with Crippen LogP contribution in [-0.2, 0) is 16.1 Å². The van der Waals surface area contributed by atoms with Crippen molar-refractivity contribution in [2.75, 3.05) is 26.2 Å². The molecule has 26 heavy (non-hydrogen) atoms. The van der Waals surface area contributed by atoms with Crippen LogP contribution in [0.15, 0.2) is 0 Å². The Morgan fingerprint density at radius 3 is 2.77 bits per heavy atom. The average molecular weight is 382 g/mol. The van der Waals surface area contributed by atoms with Crippen LogP contribution in [0.1, 0.15) is 37.1 Å². The maximum atomic E-state index is 12.7. The largest absolute Gasteiger partial charge is 0.354 e. The minimum absolute atomic E-state index is 0.0490. The van der Waals surface area contributed by atoms with Crippen molar-refractivity contribution < 1.29 is 9.59 Å². The molecule has 0 radical (unpaired) electrons. The highest BCUT2D eigenvalue weighted by Crippen LogP contribution is 2.20. The van der Waals surface area contributed by atoms with Crippen molar-refractivity contribution in [3.05, 3.63) is 16.4 Å². The van der Waals surface area contributed by atoms with E-state index in [2.05, 4.69) is 15.7 Å². The second-order valence-electron chi connectivity index (χ2n) is 7.38. The van der Waals surface area contributed by atoms with Gasteiger partial charge in [-0.2, -0.15) is 5.10 Å². The van der Waals surface area contributed by atoms with Gasteiger partial charge in [-0.3, -0.25) is 14.3 Å². The molecule has 3 rings (SSSR count). The molecule has 1 aromatic rings. The van der Waals surface area contributed by atoms with Gasteiger partial charge >= 0.3 is 0 Å². The van der Waals surface area contributed by atoms with E-state index in [1.165, 1.54) is 0 Å². The summed E-state index contributed by atoms with van der Waals surface area (Å²) in [5.41, 5.74) is 1.57. The van der Waals surface area contributed by atoms with Gasteiger partial charge in [0.2, 0.25) is 11.8 Å². The second kappa shape index (κ2) is 8.39. The van der Waals surface area contributed by atoms with Crippen LogP contribution in [-0.4, -0.2) is 58.7 Å². The highest BCUT2D eigenvalue weighted by molar-refractivity contribution is 6.31. The van der Waals surface area contributed by atoms with Crippen molar-refractivity contribution in [1.82, 2.24) is 25.3 Å². The van der Waals surface area contributed by atoms with Gasteiger partial charge in [0.05, 0.1) is 22.5 Å². The lowest BCUT2D eigenvalue weighted by atomic mass is 9.97. The molecule has 2 unspecified atom stereocenters. The van der Waals surface area contributed by atoms with Gasteiger partial charge in [-0.25, -0.2) is 0 Å². The van der Waals surface area contributed by atoms with E-state index in [-0.39, 0.29) is 24.4 Å². The van der Waals surface area contributed by atoms with E-state index >= 15 is 0 Å². The fourth-order valence-corrected chi connectivity index (χ4v) is 3.93. The van der Waals surface area contributed by atoms with Gasteiger partial charge in [0, 0.05) is 19.6 Å². The summed E-state index contributed by atoms with van der Waals surface area (Å²) >= 11 is 6.16. The average Bonchev–Trinajstić information content (AvgIpc) is 3.26. The molecule has 7 nitrogen and oxygen atoms in total. The topological polar surface area (TPSA) is 79.3 Å². The Morgan fingerprint density at radius 1 is 1.31 bits per heavy atom. The summed E-state index contributed by atoms with van der Waals surface area (Å²) in [6.45, 7) is 6.93. The predicted octanol–water partition coefficient (Wildman–Crippen LogP) is 1.26. The third-order valence-corrected chi connectivity index (χ3v) is 5.94. The number of hydrogen-bond acceptors (Lipinski definition) is 4. The number of likely N-dealkylation sites (tertiary alicyclic amines) is 1. The molecule has 2 aliphatic rings. The van der Waals surface area contributed by atoms with Gasteiger partial charge in [0.25, 0.3) is 0 Å². The number of nitrogens with one attached hydrogen (secondary N) is 2. The molecule has 2 aliphatic heterocycles. The Kier molecular flexibility index (Phi) is 6.19. The van der Waals surface area contributed by atoms with Crippen LogP contribution in [0.4, 0.5) is 0 Å². The van der Waals surface area contributed by atoms with E-state index in [9.17, 15) is 9.59 Å². The third kappa shape index (κ3) is 4.38. The van der Waals surface area contributed by atoms with Crippen LogP contribution >= 0.6 is 11.6 Å². The number of nitrogens with zero attached hydrogens (tertiary/aromatic N) is 3. The Labute approximate surface area is 159 Å². The molecule has 0 aromatic carbocycles. The molecule has 2 N–H and O–H groups in total. The lowest BCUT2D eigenvalue weighted by molar-refractivity contribution is -0.133. The first-order chi connectivity index (χ1) is 12.5. The monoisotopic (exact) mass is 381 g/mol. The minimum atomic E-state index is -0.0490. The fourth-order valence-electron chi connectivity index (χ4n) is 3.79. The van der Waals surface area contributed by atoms with Crippen LogP contribution in [0.2, 0.25) is 5.02 Å². The van der Waals surface area contributed by atoms with Crippen molar-refractivity contribution in [2.45, 2.75) is 52.1 Å². The Bertz CT molecular complexity index is 669. The summed E-state index contributed by atoms with van der Waals surface area (Å²) < 4.78 is 1.68. The molecule has 2 fully saturated rings. The number of piperidine rings is 1. The number of aromatic nitrogens is 2. The molecular formula is C18H28ClN5O2. The van der Waals surface area contributed by atoms with Crippen molar-refractivity contribution in [1.29, 1.82) is 0 Å². The summed E-state index contributed by atoms with van der Waals surface area (Å²) in [5, 5.41) is 11.2. The molecule has 0 saturated carbocycles. The first kappa shape index (κ1) is 19.2. The molecule has 0 aliphatic carbocycles. The summed E-state index contributed by atoms with van der Waals surface area (Å²) in [4.78, 5) is 26.7. The van der Waals surface area contributed by atoms with Crippen molar-refractivity contribution in [2.24, 2.45) is 5.92 Å². The van der Waals surface area contributed by atoms with E-state index in [4.69, 9.17) is 11.6 Å². The molecule has 3 heterocycles. The Morgan fingerprint density at radius 2 is 2.12 bits per heavy atom. The molecule has 144 valence electrons. The standard InChI is InChI=1S/C18H28ClN5O2/c1-12-17(19)13(2)24(22-12)11-16(25)23-8-4-5-14(10-23)9-21-18(26)15-6-3-7-20-15/h14-15,20H,3-11H2,1-2H3,(H,21,26). The third-order valence-electron chi connectivity index (χ3n) is 5.39. The summed E-state index contributed by atoms with van der Waals surface area (Å²) in [6.07, 6.45) is 3.96. The van der Waals surface area contributed by atoms with Crippen molar-refractivity contribution in [3.63, 3.8) is 0 Å². The second-order valence-corrected chi connectivity index (χ2v) is 7.76. The van der Waals surface area contributed by atoms with Gasteiger partial charge in [-0.15, -0.1) is 0 Å². The fraction of sp³-hybridized carbons (Fsp3) is 0.722. The summed E-state index contributed by atoms with van der Waals surface area (Å²) in [6, 6.07) is -0.0490. The molecule has 2 atom stereocenters. The van der Waals surface area contributed by atoms with Gasteiger partial charge < -0.3 is 15.5 Å². The maximum absolute atomic E-state index is 12.7. The van der Waals surface area contributed by atoms with Crippen LogP contribution in [0.25, 0.3) is 0 Å². The van der Waals surface area contributed by atoms with Crippen LogP contribution in [0, 0.1) is 19.8 Å². The zero-order chi connectivity index (χ0) is 18.7. The van der Waals surface area contributed by atoms with Gasteiger partial charge in [0.15, 0.2) is 0 Å². The number of aryl methyl sites for hydroxylation is 1. The van der Waals surface area contributed by atoms with Gasteiger partial charge in [-0.1, -0.05) is 11.6 Å². The SMILES string of the molecule is Cc1nn(CC(=O)N2CCCC(CNC(=O)C3CCCN3)C2)c(C)c1Cl. The molecule has 1 aromatic heterocycles. The van der Waals surface area contributed by atoms with Gasteiger partial charge in [-0.05, 0) is 52.0 Å². The zero-order valence-corrected chi connectivity index (χ0v) is 16.3. The van der Waals surface area contributed by atoms with Crippen molar-refractivity contribution in [3.8, 4) is 0 Å². The normalized spacial score (nSPS) is 23.3. The predicted molar refractivity (Wildman–Crippen MR) is 100 cm³/mol. The Balaban J connectivity index is 1.50. The lowest BCUT2D eigenvalue weighted by Gasteiger charge is -2.33. The smallest absolute Gasteiger partial charge is 0.244 e. The number of amides is 2. The summed E-state index contributed by atoms with van der Waals surface area (Å²) in [5.74, 6) is 0.450. The molecule has 2 saturated heterocycles. The van der Waals surface area contributed by atoms with E-state index in [1.807, 2.05) is 18.7 Å². The lowest BCUT2D eigenvalue weighted by Crippen LogP contribution is -2.47. The minimum Gasteiger partial charge on any atom is -0.354 e. The first-order valence-corrected chi connectivity index (χ1v) is 9.82. The highest BCUT2D eigenvalue weighted by atomic mass is 35.5. The summed E-state index contributed by atoms with van der Waals surface area (Å²) in [7, 11) is 0. The van der Waals surface area contributed by atoms with Crippen LogP contribution in [0.3, 0.4) is 0 Å². The number of hydrogen-bond donors (Lipinski definition) is 2. The molecule has 0 spiro atoms. The van der Waals surface area contributed by atoms with E-state index < -0.39 is 0 Å². The van der Waals surface area contributed by atoms with Crippen molar-refractivity contribution >= 4 is 23.4 Å². The molecule has 2 amide bonds. The number of carbonyl (C=O) groups excluding carboxylic acids is 2. The Hall–Kier alpha value is -1.60. The molecule has 8 heteroatoms.